The molecule has 1 aromatic heterocycles. The second-order valence-electron chi connectivity index (χ2n) is 8.00. The smallest absolute Gasteiger partial charge is 0.335 e. The molecule has 9 heteroatoms. The first kappa shape index (κ1) is 21.3. The minimum Gasteiger partial charge on any atom is -0.335 e. The Morgan fingerprint density at radius 1 is 1.17 bits per heavy atom. The van der Waals surface area contributed by atoms with Gasteiger partial charge in [0.2, 0.25) is 0 Å². The second-order valence-corrected chi connectivity index (χ2v) is 8.86. The summed E-state index contributed by atoms with van der Waals surface area (Å²) in [6.07, 6.45) is -2.00. The number of nitrogens with zero attached hydrogens (tertiary/aromatic N) is 4. The standard InChI is InChI=1S/C21H25F3N4OS/c1-26-7-3-6-17(13-26)27-8-10-28(11-9-27)20(29)18-14-30-19(25-18)15-4-2-5-16(12-15)21(22,23)24/h2,4-5,12,14,17H,3,6-11,13H2,1H3. The van der Waals surface area contributed by atoms with Gasteiger partial charge in [-0.3, -0.25) is 9.69 Å². The lowest BCUT2D eigenvalue weighted by Gasteiger charge is -2.42. The molecule has 1 amide bonds. The molecule has 0 spiro atoms. The fraction of sp³-hybridized carbons (Fsp3) is 0.524. The van der Waals surface area contributed by atoms with Crippen LogP contribution < -0.4 is 0 Å². The molecule has 2 saturated heterocycles. The lowest BCUT2D eigenvalue weighted by Crippen LogP contribution is -2.55. The number of aromatic nitrogens is 1. The Morgan fingerprint density at radius 3 is 2.63 bits per heavy atom. The van der Waals surface area contributed by atoms with Gasteiger partial charge < -0.3 is 9.80 Å². The molecular weight excluding hydrogens is 413 g/mol. The summed E-state index contributed by atoms with van der Waals surface area (Å²) in [7, 11) is 2.15. The number of hydrogen-bond donors (Lipinski definition) is 0. The topological polar surface area (TPSA) is 39.7 Å². The molecule has 0 aliphatic carbocycles. The van der Waals surface area contributed by atoms with E-state index in [1.165, 1.54) is 30.2 Å². The predicted octanol–water partition coefficient (Wildman–Crippen LogP) is 3.68. The number of rotatable bonds is 3. The van der Waals surface area contributed by atoms with Gasteiger partial charge in [0, 0.05) is 49.7 Å². The van der Waals surface area contributed by atoms with Crippen LogP contribution in [0.3, 0.4) is 0 Å². The van der Waals surface area contributed by atoms with Gasteiger partial charge in [-0.15, -0.1) is 11.3 Å². The maximum Gasteiger partial charge on any atom is 0.416 e. The molecule has 2 aromatic rings. The van der Waals surface area contributed by atoms with E-state index in [0.29, 0.717) is 35.4 Å². The van der Waals surface area contributed by atoms with Gasteiger partial charge in [-0.05, 0) is 38.6 Å². The first-order valence-corrected chi connectivity index (χ1v) is 11.0. The lowest BCUT2D eigenvalue weighted by atomic mass is 10.0. The number of hydrogen-bond acceptors (Lipinski definition) is 5. The highest BCUT2D eigenvalue weighted by molar-refractivity contribution is 7.13. The Labute approximate surface area is 178 Å². The molecule has 2 aliphatic rings. The summed E-state index contributed by atoms with van der Waals surface area (Å²) in [5.41, 5.74) is -0.0362. The molecule has 3 heterocycles. The van der Waals surface area contributed by atoms with Crippen molar-refractivity contribution >= 4 is 17.2 Å². The number of halogens is 3. The van der Waals surface area contributed by atoms with Crippen LogP contribution in [0, 0.1) is 0 Å². The zero-order chi connectivity index (χ0) is 21.3. The van der Waals surface area contributed by atoms with Gasteiger partial charge in [0.1, 0.15) is 10.7 Å². The van der Waals surface area contributed by atoms with E-state index >= 15 is 0 Å². The Hall–Kier alpha value is -1.97. The van der Waals surface area contributed by atoms with Crippen LogP contribution in [0.15, 0.2) is 29.6 Å². The summed E-state index contributed by atoms with van der Waals surface area (Å²) in [6, 6.07) is 5.61. The third-order valence-electron chi connectivity index (χ3n) is 5.88. The van der Waals surface area contributed by atoms with Crippen LogP contribution in [0.2, 0.25) is 0 Å². The first-order valence-electron chi connectivity index (χ1n) is 10.2. The number of likely N-dealkylation sites (tertiary alicyclic amines) is 1. The van der Waals surface area contributed by atoms with Crippen molar-refractivity contribution in [1.29, 1.82) is 0 Å². The molecule has 30 heavy (non-hydrogen) atoms. The highest BCUT2D eigenvalue weighted by atomic mass is 32.1. The Morgan fingerprint density at radius 2 is 1.93 bits per heavy atom. The van der Waals surface area contributed by atoms with E-state index in [2.05, 4.69) is 21.8 Å². The molecule has 1 aromatic carbocycles. The lowest BCUT2D eigenvalue weighted by molar-refractivity contribution is -0.137. The van der Waals surface area contributed by atoms with Gasteiger partial charge >= 0.3 is 6.18 Å². The summed E-state index contributed by atoms with van der Waals surface area (Å²) >= 11 is 1.20. The summed E-state index contributed by atoms with van der Waals surface area (Å²) < 4.78 is 38.9. The summed E-state index contributed by atoms with van der Waals surface area (Å²) in [5.74, 6) is -0.148. The number of benzene rings is 1. The highest BCUT2D eigenvalue weighted by Gasteiger charge is 2.31. The van der Waals surface area contributed by atoms with Crippen LogP contribution in [0.4, 0.5) is 13.2 Å². The van der Waals surface area contributed by atoms with E-state index in [-0.39, 0.29) is 5.91 Å². The first-order chi connectivity index (χ1) is 14.3. The van der Waals surface area contributed by atoms with Crippen LogP contribution in [0.25, 0.3) is 10.6 Å². The largest absolute Gasteiger partial charge is 0.416 e. The zero-order valence-electron chi connectivity index (χ0n) is 16.9. The van der Waals surface area contributed by atoms with Crippen molar-refractivity contribution in [2.24, 2.45) is 0 Å². The van der Waals surface area contributed by atoms with Gasteiger partial charge in [0.25, 0.3) is 5.91 Å². The molecule has 0 radical (unpaired) electrons. The molecule has 2 aliphatic heterocycles. The Bertz CT molecular complexity index is 892. The summed E-state index contributed by atoms with van der Waals surface area (Å²) in [5, 5.41) is 2.06. The van der Waals surface area contributed by atoms with Crippen LogP contribution in [0.1, 0.15) is 28.9 Å². The molecule has 0 N–H and O–H groups in total. The van der Waals surface area contributed by atoms with Crippen molar-refractivity contribution in [3.05, 3.63) is 40.9 Å². The second kappa shape index (κ2) is 8.64. The number of piperidine rings is 1. The number of carbonyl (C=O) groups is 1. The van der Waals surface area contributed by atoms with E-state index in [0.717, 1.165) is 38.3 Å². The fourth-order valence-electron chi connectivity index (χ4n) is 4.22. The molecular formula is C21H25F3N4OS. The summed E-state index contributed by atoms with van der Waals surface area (Å²) in [4.78, 5) is 23.8. The molecule has 5 nitrogen and oxygen atoms in total. The van der Waals surface area contributed by atoms with Crippen molar-refractivity contribution in [3.63, 3.8) is 0 Å². The van der Waals surface area contributed by atoms with E-state index in [9.17, 15) is 18.0 Å². The maximum atomic E-state index is 13.0. The van der Waals surface area contributed by atoms with E-state index in [1.807, 2.05) is 0 Å². The highest BCUT2D eigenvalue weighted by Crippen LogP contribution is 2.33. The zero-order valence-corrected chi connectivity index (χ0v) is 17.7. The number of thiazole rings is 1. The maximum absolute atomic E-state index is 13.0. The average Bonchev–Trinajstić information content (AvgIpc) is 3.23. The molecule has 0 saturated carbocycles. The SMILES string of the molecule is CN1CCCC(N2CCN(C(=O)c3csc(-c4cccc(C(F)(F)F)c4)n3)CC2)C1. The van der Waals surface area contributed by atoms with Crippen LogP contribution >= 0.6 is 11.3 Å². The number of alkyl halides is 3. The van der Waals surface area contributed by atoms with Gasteiger partial charge in [0.15, 0.2) is 0 Å². The van der Waals surface area contributed by atoms with Crippen LogP contribution in [-0.2, 0) is 6.18 Å². The van der Waals surface area contributed by atoms with Crippen LogP contribution in [-0.4, -0.2) is 77.9 Å². The van der Waals surface area contributed by atoms with Crippen molar-refractivity contribution in [2.75, 3.05) is 46.3 Å². The Balaban J connectivity index is 1.39. The predicted molar refractivity (Wildman–Crippen MR) is 111 cm³/mol. The van der Waals surface area contributed by atoms with Gasteiger partial charge in [0.05, 0.1) is 5.56 Å². The summed E-state index contributed by atoms with van der Waals surface area (Å²) in [6.45, 7) is 5.20. The molecule has 4 rings (SSSR count). The number of carbonyl (C=O) groups excluding carboxylic acids is 1. The van der Waals surface area contributed by atoms with Gasteiger partial charge in [-0.25, -0.2) is 4.98 Å². The van der Waals surface area contributed by atoms with Gasteiger partial charge in [-0.2, -0.15) is 13.2 Å². The normalized spacial score (nSPS) is 21.7. The average molecular weight is 439 g/mol. The van der Waals surface area contributed by atoms with Crippen molar-refractivity contribution < 1.29 is 18.0 Å². The van der Waals surface area contributed by atoms with E-state index in [4.69, 9.17) is 0 Å². The fourth-order valence-corrected chi connectivity index (χ4v) is 5.01. The minimum absolute atomic E-state index is 0.148. The van der Waals surface area contributed by atoms with Crippen LogP contribution in [0.5, 0.6) is 0 Å². The minimum atomic E-state index is -4.40. The van der Waals surface area contributed by atoms with Crippen molar-refractivity contribution in [3.8, 4) is 10.6 Å². The third kappa shape index (κ3) is 4.68. The molecule has 2 fully saturated rings. The number of amides is 1. The monoisotopic (exact) mass is 438 g/mol. The number of likely N-dealkylation sites (N-methyl/N-ethyl adjacent to an activating group) is 1. The van der Waals surface area contributed by atoms with Crippen molar-refractivity contribution in [2.45, 2.75) is 25.1 Å². The molecule has 1 atom stereocenters. The Kier molecular flexibility index (Phi) is 6.13. The third-order valence-corrected chi connectivity index (χ3v) is 6.77. The van der Waals surface area contributed by atoms with Gasteiger partial charge in [-0.1, -0.05) is 12.1 Å². The van der Waals surface area contributed by atoms with Crippen molar-refractivity contribution in [1.82, 2.24) is 19.7 Å². The molecule has 1 unspecified atom stereocenters. The quantitative estimate of drug-likeness (QED) is 0.733. The van der Waals surface area contributed by atoms with E-state index in [1.54, 1.807) is 16.3 Å². The molecule has 0 bridgehead atoms. The number of piperazine rings is 1. The molecule has 162 valence electrons. The van der Waals surface area contributed by atoms with E-state index < -0.39 is 11.7 Å².